The first kappa shape index (κ1) is 16.4. The molecule has 0 radical (unpaired) electrons. The van der Waals surface area contributed by atoms with Crippen molar-refractivity contribution in [2.24, 2.45) is 0 Å². The summed E-state index contributed by atoms with van der Waals surface area (Å²) in [6, 6.07) is 19.8. The molecular formula is C21H22N4O. The number of carbonyl (C=O) groups excluding carboxylic acids is 1. The predicted molar refractivity (Wildman–Crippen MR) is 102 cm³/mol. The summed E-state index contributed by atoms with van der Waals surface area (Å²) in [5.41, 5.74) is 2.10. The third kappa shape index (κ3) is 2.96. The molecule has 0 bridgehead atoms. The molecule has 3 aromatic rings. The first-order chi connectivity index (χ1) is 12.7. The fourth-order valence-corrected chi connectivity index (χ4v) is 3.50. The average molecular weight is 346 g/mol. The molecule has 5 nitrogen and oxygen atoms in total. The van der Waals surface area contributed by atoms with E-state index in [1.165, 1.54) is 0 Å². The van der Waals surface area contributed by atoms with Crippen LogP contribution in [-0.4, -0.2) is 26.9 Å². The van der Waals surface area contributed by atoms with Crippen LogP contribution in [0.5, 0.6) is 0 Å². The van der Waals surface area contributed by atoms with Crippen LogP contribution in [0.1, 0.15) is 18.2 Å². The zero-order valence-corrected chi connectivity index (χ0v) is 14.8. The molecule has 1 aliphatic rings. The van der Waals surface area contributed by atoms with Gasteiger partial charge in [0.15, 0.2) is 0 Å². The van der Waals surface area contributed by atoms with Crippen molar-refractivity contribution < 1.29 is 4.79 Å². The SMILES string of the molecule is CC(Nc1ccccc1)(C(=O)N1CCn2cncc2C1)c1ccccc1. The number of imidazole rings is 1. The molecule has 0 saturated carbocycles. The second-order valence-electron chi connectivity index (χ2n) is 6.79. The molecule has 2 heterocycles. The molecule has 1 amide bonds. The van der Waals surface area contributed by atoms with Gasteiger partial charge in [-0.2, -0.15) is 0 Å². The zero-order chi connectivity index (χ0) is 18.0. The van der Waals surface area contributed by atoms with E-state index in [-0.39, 0.29) is 5.91 Å². The van der Waals surface area contributed by atoms with Gasteiger partial charge in [0.2, 0.25) is 0 Å². The van der Waals surface area contributed by atoms with Crippen molar-refractivity contribution in [1.82, 2.24) is 14.5 Å². The van der Waals surface area contributed by atoms with Crippen molar-refractivity contribution in [1.29, 1.82) is 0 Å². The second-order valence-corrected chi connectivity index (χ2v) is 6.79. The Hall–Kier alpha value is -3.08. The molecule has 132 valence electrons. The number of rotatable bonds is 4. The molecule has 0 saturated heterocycles. The smallest absolute Gasteiger partial charge is 0.253 e. The van der Waals surface area contributed by atoms with E-state index in [0.717, 1.165) is 23.5 Å². The summed E-state index contributed by atoms with van der Waals surface area (Å²) in [4.78, 5) is 19.7. The fraction of sp³-hybridized carbons (Fsp3) is 0.238. The molecule has 1 atom stereocenters. The van der Waals surface area contributed by atoms with Gasteiger partial charge in [0.25, 0.3) is 5.91 Å². The molecule has 0 fully saturated rings. The van der Waals surface area contributed by atoms with Crippen LogP contribution < -0.4 is 5.32 Å². The summed E-state index contributed by atoms with van der Waals surface area (Å²) in [6.07, 6.45) is 3.67. The predicted octanol–water partition coefficient (Wildman–Crippen LogP) is 3.25. The Morgan fingerprint density at radius 3 is 2.46 bits per heavy atom. The highest BCUT2D eigenvalue weighted by Crippen LogP contribution is 2.30. The molecule has 0 spiro atoms. The molecule has 0 aliphatic carbocycles. The lowest BCUT2D eigenvalue weighted by atomic mass is 9.89. The summed E-state index contributed by atoms with van der Waals surface area (Å²) in [5, 5.41) is 3.47. The number of fused-ring (bicyclic) bond motifs is 1. The lowest BCUT2D eigenvalue weighted by molar-refractivity contribution is -0.137. The van der Waals surface area contributed by atoms with E-state index in [1.807, 2.05) is 85.0 Å². The second kappa shape index (κ2) is 6.67. The lowest BCUT2D eigenvalue weighted by Gasteiger charge is -2.38. The van der Waals surface area contributed by atoms with Gasteiger partial charge in [0.05, 0.1) is 18.6 Å². The van der Waals surface area contributed by atoms with Gasteiger partial charge in [-0.3, -0.25) is 4.79 Å². The Labute approximate surface area is 153 Å². The Morgan fingerprint density at radius 2 is 1.73 bits per heavy atom. The van der Waals surface area contributed by atoms with Gasteiger partial charge in [-0.25, -0.2) is 4.98 Å². The zero-order valence-electron chi connectivity index (χ0n) is 14.8. The number of nitrogens with zero attached hydrogens (tertiary/aromatic N) is 3. The van der Waals surface area contributed by atoms with Crippen molar-refractivity contribution in [3.8, 4) is 0 Å². The van der Waals surface area contributed by atoms with Crippen molar-refractivity contribution in [3.05, 3.63) is 84.4 Å². The van der Waals surface area contributed by atoms with E-state index < -0.39 is 5.54 Å². The van der Waals surface area contributed by atoms with Gasteiger partial charge < -0.3 is 14.8 Å². The first-order valence-electron chi connectivity index (χ1n) is 8.84. The van der Waals surface area contributed by atoms with Crippen LogP contribution in [-0.2, 0) is 23.4 Å². The number of para-hydroxylation sites is 1. The van der Waals surface area contributed by atoms with Crippen molar-refractivity contribution >= 4 is 11.6 Å². The van der Waals surface area contributed by atoms with Crippen LogP contribution in [0.2, 0.25) is 0 Å². The molecule has 1 aliphatic heterocycles. The van der Waals surface area contributed by atoms with Crippen LogP contribution in [0.4, 0.5) is 5.69 Å². The number of benzene rings is 2. The number of aromatic nitrogens is 2. The van der Waals surface area contributed by atoms with E-state index in [0.29, 0.717) is 13.1 Å². The van der Waals surface area contributed by atoms with Crippen LogP contribution >= 0.6 is 0 Å². The standard InChI is InChI=1S/C21H22N4O/c1-21(17-8-4-2-5-9-17,23-18-10-6-3-7-11-18)20(26)24-12-13-25-16-22-14-19(25)15-24/h2-11,14,16,23H,12-13,15H2,1H3. The Morgan fingerprint density at radius 1 is 1.04 bits per heavy atom. The van der Waals surface area contributed by atoms with E-state index in [9.17, 15) is 4.79 Å². The largest absolute Gasteiger partial charge is 0.368 e. The Balaban J connectivity index is 1.68. The topological polar surface area (TPSA) is 50.2 Å². The number of hydrogen-bond acceptors (Lipinski definition) is 3. The van der Waals surface area contributed by atoms with E-state index in [1.54, 1.807) is 0 Å². The van der Waals surface area contributed by atoms with E-state index >= 15 is 0 Å². The molecule has 2 aromatic carbocycles. The normalized spacial score (nSPS) is 15.8. The molecule has 26 heavy (non-hydrogen) atoms. The summed E-state index contributed by atoms with van der Waals surface area (Å²) in [6.45, 7) is 4.00. The Bertz CT molecular complexity index is 891. The quantitative estimate of drug-likeness (QED) is 0.789. The number of amides is 1. The maximum Gasteiger partial charge on any atom is 0.253 e. The number of carbonyl (C=O) groups is 1. The van der Waals surface area contributed by atoms with Crippen LogP contribution in [0, 0.1) is 0 Å². The van der Waals surface area contributed by atoms with Gasteiger partial charge in [-0.1, -0.05) is 48.5 Å². The van der Waals surface area contributed by atoms with Crippen LogP contribution in [0.3, 0.4) is 0 Å². The molecule has 1 unspecified atom stereocenters. The third-order valence-corrected chi connectivity index (χ3v) is 5.00. The van der Waals surface area contributed by atoms with Gasteiger partial charge in [0, 0.05) is 25.0 Å². The molecule has 4 rings (SSSR count). The highest BCUT2D eigenvalue weighted by molar-refractivity contribution is 5.90. The summed E-state index contributed by atoms with van der Waals surface area (Å²) < 4.78 is 2.11. The van der Waals surface area contributed by atoms with E-state index in [4.69, 9.17) is 0 Å². The minimum atomic E-state index is -0.842. The molecule has 5 heteroatoms. The molecular weight excluding hydrogens is 324 g/mol. The summed E-state index contributed by atoms with van der Waals surface area (Å²) >= 11 is 0. The highest BCUT2D eigenvalue weighted by atomic mass is 16.2. The van der Waals surface area contributed by atoms with Crippen LogP contribution in [0.25, 0.3) is 0 Å². The van der Waals surface area contributed by atoms with Gasteiger partial charge in [-0.15, -0.1) is 0 Å². The third-order valence-electron chi connectivity index (χ3n) is 5.00. The lowest BCUT2D eigenvalue weighted by Crippen LogP contribution is -2.51. The van der Waals surface area contributed by atoms with E-state index in [2.05, 4.69) is 14.9 Å². The monoisotopic (exact) mass is 346 g/mol. The number of hydrogen-bond donors (Lipinski definition) is 1. The fourth-order valence-electron chi connectivity index (χ4n) is 3.50. The minimum absolute atomic E-state index is 0.0694. The Kier molecular flexibility index (Phi) is 4.21. The molecule has 1 N–H and O–H groups in total. The summed E-state index contributed by atoms with van der Waals surface area (Å²) in [5.74, 6) is 0.0694. The number of anilines is 1. The maximum absolute atomic E-state index is 13.6. The first-order valence-corrected chi connectivity index (χ1v) is 8.84. The summed E-state index contributed by atoms with van der Waals surface area (Å²) in [7, 11) is 0. The van der Waals surface area contributed by atoms with Gasteiger partial charge in [0.1, 0.15) is 5.54 Å². The van der Waals surface area contributed by atoms with Gasteiger partial charge in [-0.05, 0) is 24.6 Å². The van der Waals surface area contributed by atoms with Crippen molar-refractivity contribution in [3.63, 3.8) is 0 Å². The molecule has 1 aromatic heterocycles. The van der Waals surface area contributed by atoms with Crippen molar-refractivity contribution in [2.45, 2.75) is 25.6 Å². The maximum atomic E-state index is 13.6. The highest BCUT2D eigenvalue weighted by Gasteiger charge is 2.39. The number of nitrogens with one attached hydrogen (secondary N) is 1. The minimum Gasteiger partial charge on any atom is -0.368 e. The van der Waals surface area contributed by atoms with Gasteiger partial charge >= 0.3 is 0 Å². The average Bonchev–Trinajstić information content (AvgIpc) is 3.16. The van der Waals surface area contributed by atoms with Crippen LogP contribution in [0.15, 0.2) is 73.2 Å². The van der Waals surface area contributed by atoms with Crippen molar-refractivity contribution in [2.75, 3.05) is 11.9 Å².